The van der Waals surface area contributed by atoms with Crippen molar-refractivity contribution in [2.75, 3.05) is 0 Å². The molecule has 4 heterocycles. The van der Waals surface area contributed by atoms with Gasteiger partial charge in [-0.1, -0.05) is 158 Å². The standard InChI is InChI=1S/C50H30N4O2/c1-3-11-31(12-4-1)33-19-27-37(28-20-33)49-51-43(47-45(53-49)39-15-7-9-17-41(39)55-47)35-23-25-36(26-24-35)44-48-46(40-16-8-10-18-42(40)56-48)54-50(52-44)38-29-21-34(22-30-38)32-13-5-2-6-14-32/h1-30H. The summed E-state index contributed by atoms with van der Waals surface area (Å²) in [4.78, 5) is 20.4. The molecule has 262 valence electrons. The Hall–Kier alpha value is -7.70. The molecule has 0 saturated heterocycles. The number of benzene rings is 7. The highest BCUT2D eigenvalue weighted by molar-refractivity contribution is 6.08. The van der Waals surface area contributed by atoms with Crippen molar-refractivity contribution in [3.63, 3.8) is 0 Å². The third-order valence-electron chi connectivity index (χ3n) is 10.4. The molecule has 0 bridgehead atoms. The average molecular weight is 719 g/mol. The lowest BCUT2D eigenvalue weighted by molar-refractivity contribution is 0.667. The third-order valence-corrected chi connectivity index (χ3v) is 10.4. The minimum atomic E-state index is 0.630. The Morgan fingerprint density at radius 3 is 1.00 bits per heavy atom. The van der Waals surface area contributed by atoms with E-state index in [0.717, 1.165) is 88.9 Å². The molecule has 0 saturated carbocycles. The molecule has 0 aliphatic rings. The molecule has 0 aliphatic carbocycles. The van der Waals surface area contributed by atoms with E-state index in [9.17, 15) is 0 Å². The zero-order chi connectivity index (χ0) is 37.0. The van der Waals surface area contributed by atoms with Crippen LogP contribution in [0.1, 0.15) is 0 Å². The van der Waals surface area contributed by atoms with Gasteiger partial charge in [-0.3, -0.25) is 0 Å². The van der Waals surface area contributed by atoms with Crippen molar-refractivity contribution in [3.8, 4) is 67.5 Å². The van der Waals surface area contributed by atoms with Crippen molar-refractivity contribution >= 4 is 44.1 Å². The minimum Gasteiger partial charge on any atom is -0.452 e. The van der Waals surface area contributed by atoms with Crippen LogP contribution in [0.15, 0.2) is 191 Å². The molecule has 0 aliphatic heterocycles. The summed E-state index contributed by atoms with van der Waals surface area (Å²) in [6.07, 6.45) is 0. The quantitative estimate of drug-likeness (QED) is 0.170. The Kier molecular flexibility index (Phi) is 7.38. The van der Waals surface area contributed by atoms with Crippen LogP contribution in [0.4, 0.5) is 0 Å². The Bertz CT molecular complexity index is 2990. The summed E-state index contributed by atoms with van der Waals surface area (Å²) in [5.74, 6) is 1.26. The largest absolute Gasteiger partial charge is 0.452 e. The van der Waals surface area contributed by atoms with Crippen LogP contribution in [-0.2, 0) is 0 Å². The molecule has 11 rings (SSSR count). The van der Waals surface area contributed by atoms with Crippen LogP contribution in [0.3, 0.4) is 0 Å². The van der Waals surface area contributed by atoms with E-state index >= 15 is 0 Å². The van der Waals surface area contributed by atoms with Crippen LogP contribution < -0.4 is 0 Å². The first-order chi connectivity index (χ1) is 27.7. The second kappa shape index (κ2) is 13.0. The van der Waals surface area contributed by atoms with Crippen LogP contribution in [0.5, 0.6) is 0 Å². The van der Waals surface area contributed by atoms with Crippen molar-refractivity contribution < 1.29 is 8.83 Å². The summed E-state index contributed by atoms with van der Waals surface area (Å²) in [5, 5.41) is 1.89. The topological polar surface area (TPSA) is 77.8 Å². The van der Waals surface area contributed by atoms with E-state index in [1.807, 2.05) is 60.7 Å². The van der Waals surface area contributed by atoms with E-state index in [0.29, 0.717) is 22.8 Å². The normalized spacial score (nSPS) is 11.6. The monoisotopic (exact) mass is 718 g/mol. The Morgan fingerprint density at radius 2 is 0.589 bits per heavy atom. The van der Waals surface area contributed by atoms with Gasteiger partial charge in [0.05, 0.1) is 0 Å². The molecule has 0 atom stereocenters. The van der Waals surface area contributed by atoms with Gasteiger partial charge in [0.25, 0.3) is 0 Å². The lowest BCUT2D eigenvalue weighted by Gasteiger charge is -2.09. The van der Waals surface area contributed by atoms with Crippen molar-refractivity contribution in [2.24, 2.45) is 0 Å². The highest BCUT2D eigenvalue weighted by Crippen LogP contribution is 2.39. The van der Waals surface area contributed by atoms with Gasteiger partial charge < -0.3 is 8.83 Å². The van der Waals surface area contributed by atoms with Crippen LogP contribution in [0.2, 0.25) is 0 Å². The summed E-state index contributed by atoms with van der Waals surface area (Å²) in [5.41, 5.74) is 14.0. The maximum atomic E-state index is 6.45. The van der Waals surface area contributed by atoms with E-state index in [1.165, 1.54) is 0 Å². The summed E-state index contributed by atoms with van der Waals surface area (Å²) in [7, 11) is 0. The van der Waals surface area contributed by atoms with E-state index in [-0.39, 0.29) is 0 Å². The average Bonchev–Trinajstić information content (AvgIpc) is 3.85. The Morgan fingerprint density at radius 1 is 0.268 bits per heavy atom. The van der Waals surface area contributed by atoms with Crippen molar-refractivity contribution in [1.82, 2.24) is 19.9 Å². The van der Waals surface area contributed by atoms with Gasteiger partial charge in [-0.2, -0.15) is 0 Å². The second-order valence-corrected chi connectivity index (χ2v) is 13.8. The van der Waals surface area contributed by atoms with Crippen LogP contribution in [-0.4, -0.2) is 19.9 Å². The minimum absolute atomic E-state index is 0.630. The fourth-order valence-corrected chi connectivity index (χ4v) is 7.50. The maximum Gasteiger partial charge on any atom is 0.180 e. The fourth-order valence-electron chi connectivity index (χ4n) is 7.50. The molecule has 6 nitrogen and oxygen atoms in total. The molecule has 0 amide bonds. The molecule has 0 unspecified atom stereocenters. The summed E-state index contributed by atoms with van der Waals surface area (Å²) >= 11 is 0. The van der Waals surface area contributed by atoms with Crippen molar-refractivity contribution in [2.45, 2.75) is 0 Å². The Labute approximate surface area is 321 Å². The fraction of sp³-hybridized carbons (Fsp3) is 0. The first-order valence-electron chi connectivity index (χ1n) is 18.5. The molecular weight excluding hydrogens is 689 g/mol. The zero-order valence-corrected chi connectivity index (χ0v) is 29.9. The van der Waals surface area contributed by atoms with E-state index in [1.54, 1.807) is 0 Å². The predicted molar refractivity (Wildman–Crippen MR) is 225 cm³/mol. The molecule has 6 heteroatoms. The molecule has 7 aromatic carbocycles. The van der Waals surface area contributed by atoms with Gasteiger partial charge >= 0.3 is 0 Å². The first kappa shape index (κ1) is 31.8. The van der Waals surface area contributed by atoms with Crippen LogP contribution in [0.25, 0.3) is 112 Å². The SMILES string of the molecule is c1ccc(-c2ccc(-c3nc(-c4ccc(-c5nc(-c6ccc(-c7ccccc7)cc6)nc6c5oc5ccccc56)cc4)c4oc5ccccc5c4n3)cc2)cc1. The van der Waals surface area contributed by atoms with Crippen molar-refractivity contribution in [3.05, 3.63) is 182 Å². The molecule has 4 aromatic heterocycles. The van der Waals surface area contributed by atoms with Crippen LogP contribution >= 0.6 is 0 Å². The number of hydrogen-bond acceptors (Lipinski definition) is 6. The predicted octanol–water partition coefficient (Wildman–Crippen LogP) is 13.1. The number of fused-ring (bicyclic) bond motifs is 6. The summed E-state index contributed by atoms with van der Waals surface area (Å²) in [6, 6.07) is 61.8. The number of hydrogen-bond donors (Lipinski definition) is 0. The number of rotatable bonds is 6. The molecule has 0 radical (unpaired) electrons. The second-order valence-electron chi connectivity index (χ2n) is 13.8. The lowest BCUT2D eigenvalue weighted by Crippen LogP contribution is -1.95. The van der Waals surface area contributed by atoms with E-state index in [4.69, 9.17) is 28.8 Å². The first-order valence-corrected chi connectivity index (χ1v) is 18.5. The molecule has 11 aromatic rings. The molecule has 0 N–H and O–H groups in total. The van der Waals surface area contributed by atoms with Gasteiger partial charge in [0.2, 0.25) is 0 Å². The molecule has 0 spiro atoms. The number of furan rings is 2. The van der Waals surface area contributed by atoms with E-state index < -0.39 is 0 Å². The van der Waals surface area contributed by atoms with Crippen LogP contribution in [0, 0.1) is 0 Å². The van der Waals surface area contributed by atoms with Gasteiger partial charge in [0.15, 0.2) is 22.8 Å². The molecule has 56 heavy (non-hydrogen) atoms. The van der Waals surface area contributed by atoms with Gasteiger partial charge in [-0.05, 0) is 46.5 Å². The Balaban J connectivity index is 1.03. The van der Waals surface area contributed by atoms with Crippen molar-refractivity contribution in [1.29, 1.82) is 0 Å². The highest BCUT2D eigenvalue weighted by Gasteiger charge is 2.21. The number of nitrogens with zero attached hydrogens (tertiary/aromatic N) is 4. The third kappa shape index (κ3) is 5.43. The number of aromatic nitrogens is 4. The van der Waals surface area contributed by atoms with Gasteiger partial charge in [0, 0.05) is 33.0 Å². The van der Waals surface area contributed by atoms with Gasteiger partial charge in [-0.25, -0.2) is 19.9 Å². The highest BCUT2D eigenvalue weighted by atomic mass is 16.3. The summed E-state index contributed by atoms with van der Waals surface area (Å²) in [6.45, 7) is 0. The maximum absolute atomic E-state index is 6.45. The lowest BCUT2D eigenvalue weighted by atomic mass is 10.0. The number of para-hydroxylation sites is 2. The zero-order valence-electron chi connectivity index (χ0n) is 29.9. The molecular formula is C50H30N4O2. The van der Waals surface area contributed by atoms with E-state index in [2.05, 4.69) is 121 Å². The molecule has 0 fully saturated rings. The van der Waals surface area contributed by atoms with Gasteiger partial charge in [-0.15, -0.1) is 0 Å². The smallest absolute Gasteiger partial charge is 0.180 e. The summed E-state index contributed by atoms with van der Waals surface area (Å²) < 4.78 is 12.9. The van der Waals surface area contributed by atoms with Gasteiger partial charge in [0.1, 0.15) is 33.6 Å².